The van der Waals surface area contributed by atoms with E-state index in [-0.39, 0.29) is 0 Å². The monoisotopic (exact) mass is 284 g/mol. The highest BCUT2D eigenvalue weighted by molar-refractivity contribution is 5.43. The summed E-state index contributed by atoms with van der Waals surface area (Å²) in [5.41, 5.74) is 3.39. The summed E-state index contributed by atoms with van der Waals surface area (Å²) in [5.74, 6) is 0.892. The van der Waals surface area contributed by atoms with Gasteiger partial charge in [-0.3, -0.25) is 4.98 Å². The van der Waals surface area contributed by atoms with Crippen molar-refractivity contribution in [2.45, 2.75) is 39.7 Å². The lowest BCUT2D eigenvalue weighted by atomic mass is 10.1. The molecular formula is C18H24N2O. The van der Waals surface area contributed by atoms with Crippen LogP contribution in [0.5, 0.6) is 5.75 Å². The van der Waals surface area contributed by atoms with Crippen LogP contribution in [0.25, 0.3) is 0 Å². The topological polar surface area (TPSA) is 34.2 Å². The van der Waals surface area contributed by atoms with E-state index in [9.17, 15) is 0 Å². The van der Waals surface area contributed by atoms with Crippen molar-refractivity contribution >= 4 is 5.69 Å². The Morgan fingerprint density at radius 2 is 1.86 bits per heavy atom. The molecule has 1 aromatic carbocycles. The maximum atomic E-state index is 5.79. The third-order valence-electron chi connectivity index (χ3n) is 3.24. The van der Waals surface area contributed by atoms with Gasteiger partial charge >= 0.3 is 0 Å². The van der Waals surface area contributed by atoms with Gasteiger partial charge in [-0.2, -0.15) is 0 Å². The van der Waals surface area contributed by atoms with E-state index in [0.717, 1.165) is 36.5 Å². The minimum absolute atomic E-state index is 0.495. The Hall–Kier alpha value is -2.03. The van der Waals surface area contributed by atoms with Crippen LogP contribution < -0.4 is 10.1 Å². The van der Waals surface area contributed by atoms with Gasteiger partial charge in [-0.1, -0.05) is 32.4 Å². The van der Waals surface area contributed by atoms with Crippen molar-refractivity contribution in [1.29, 1.82) is 0 Å². The van der Waals surface area contributed by atoms with Crippen LogP contribution in [0.1, 0.15) is 37.9 Å². The number of anilines is 1. The third-order valence-corrected chi connectivity index (χ3v) is 3.24. The van der Waals surface area contributed by atoms with Crippen LogP contribution in [0.3, 0.4) is 0 Å². The van der Waals surface area contributed by atoms with Gasteiger partial charge < -0.3 is 10.1 Å². The lowest BCUT2D eigenvalue weighted by Gasteiger charge is -2.09. The first kappa shape index (κ1) is 15.4. The van der Waals surface area contributed by atoms with E-state index >= 15 is 0 Å². The molecule has 112 valence electrons. The lowest BCUT2D eigenvalue weighted by molar-refractivity contribution is 0.301. The van der Waals surface area contributed by atoms with Crippen molar-refractivity contribution in [2.75, 3.05) is 11.9 Å². The molecule has 0 aliphatic carbocycles. The molecule has 0 fully saturated rings. The number of pyridine rings is 1. The van der Waals surface area contributed by atoms with Gasteiger partial charge in [0.1, 0.15) is 12.4 Å². The molecule has 1 N–H and O–H groups in total. The van der Waals surface area contributed by atoms with Crippen LogP contribution in [0, 0.1) is 0 Å². The van der Waals surface area contributed by atoms with Crippen LogP contribution >= 0.6 is 0 Å². The molecule has 0 saturated carbocycles. The molecule has 1 heterocycles. The molecule has 3 nitrogen and oxygen atoms in total. The number of rotatable bonds is 8. The second-order valence-corrected chi connectivity index (χ2v) is 5.15. The summed E-state index contributed by atoms with van der Waals surface area (Å²) in [6.07, 6.45) is 5.22. The van der Waals surface area contributed by atoms with Crippen LogP contribution in [0.15, 0.2) is 42.6 Å². The van der Waals surface area contributed by atoms with Crippen LogP contribution in [-0.2, 0) is 13.0 Å². The fourth-order valence-electron chi connectivity index (χ4n) is 2.13. The van der Waals surface area contributed by atoms with E-state index in [2.05, 4.69) is 36.3 Å². The molecular weight excluding hydrogens is 260 g/mol. The van der Waals surface area contributed by atoms with E-state index < -0.39 is 0 Å². The first-order valence-electron chi connectivity index (χ1n) is 7.72. The minimum atomic E-state index is 0.495. The van der Waals surface area contributed by atoms with Crippen LogP contribution in [0.4, 0.5) is 5.69 Å². The number of benzene rings is 1. The predicted octanol–water partition coefficient (Wildman–Crippen LogP) is 4.44. The fraction of sp³-hybridized carbons (Fsp3) is 0.389. The van der Waals surface area contributed by atoms with Gasteiger partial charge in [-0.25, -0.2) is 0 Å². The average Bonchev–Trinajstić information content (AvgIpc) is 2.53. The van der Waals surface area contributed by atoms with E-state index in [1.165, 1.54) is 12.0 Å². The zero-order chi connectivity index (χ0) is 14.9. The number of hydrogen-bond acceptors (Lipinski definition) is 3. The Morgan fingerprint density at radius 3 is 2.57 bits per heavy atom. The van der Waals surface area contributed by atoms with Crippen molar-refractivity contribution in [3.63, 3.8) is 0 Å². The molecule has 0 aliphatic rings. The zero-order valence-electron chi connectivity index (χ0n) is 12.9. The lowest BCUT2D eigenvalue weighted by Crippen LogP contribution is -2.03. The maximum Gasteiger partial charge on any atom is 0.130 e. The van der Waals surface area contributed by atoms with E-state index in [1.807, 2.05) is 30.5 Å². The molecule has 21 heavy (non-hydrogen) atoms. The normalized spacial score (nSPS) is 10.4. The van der Waals surface area contributed by atoms with Crippen LogP contribution in [0.2, 0.25) is 0 Å². The molecule has 0 aliphatic heterocycles. The summed E-state index contributed by atoms with van der Waals surface area (Å²) in [6.45, 7) is 5.81. The van der Waals surface area contributed by atoms with E-state index in [0.29, 0.717) is 6.61 Å². The van der Waals surface area contributed by atoms with Crippen molar-refractivity contribution in [3.8, 4) is 5.75 Å². The van der Waals surface area contributed by atoms with Gasteiger partial charge in [-0.15, -0.1) is 0 Å². The molecule has 1 aromatic heterocycles. The number of hydrogen-bond donors (Lipinski definition) is 1. The molecule has 0 saturated heterocycles. The molecule has 0 unspecified atom stereocenters. The second kappa shape index (κ2) is 8.30. The highest BCUT2D eigenvalue weighted by Gasteiger charge is 2.00. The first-order chi connectivity index (χ1) is 10.3. The van der Waals surface area contributed by atoms with Crippen molar-refractivity contribution in [1.82, 2.24) is 4.98 Å². The van der Waals surface area contributed by atoms with Gasteiger partial charge in [0.05, 0.1) is 5.69 Å². The first-order valence-corrected chi connectivity index (χ1v) is 7.72. The van der Waals surface area contributed by atoms with Crippen molar-refractivity contribution < 1.29 is 4.74 Å². The Balaban J connectivity index is 1.90. The van der Waals surface area contributed by atoms with Gasteiger partial charge in [0.2, 0.25) is 0 Å². The molecule has 2 aromatic rings. The molecule has 0 radical (unpaired) electrons. The summed E-state index contributed by atoms with van der Waals surface area (Å²) in [5, 5.41) is 3.36. The van der Waals surface area contributed by atoms with Gasteiger partial charge in [0.25, 0.3) is 0 Å². The third kappa shape index (κ3) is 5.10. The van der Waals surface area contributed by atoms with Crippen molar-refractivity contribution in [2.24, 2.45) is 0 Å². The van der Waals surface area contributed by atoms with Gasteiger partial charge in [0, 0.05) is 18.4 Å². The Kier molecular flexibility index (Phi) is 6.07. The summed E-state index contributed by atoms with van der Waals surface area (Å²) < 4.78 is 5.79. The van der Waals surface area contributed by atoms with E-state index in [1.54, 1.807) is 0 Å². The fourth-order valence-corrected chi connectivity index (χ4v) is 2.13. The largest absolute Gasteiger partial charge is 0.487 e. The summed E-state index contributed by atoms with van der Waals surface area (Å²) in [6, 6.07) is 12.4. The molecule has 0 bridgehead atoms. The minimum Gasteiger partial charge on any atom is -0.487 e. The standard InChI is InChI=1S/C18H24N2O/c1-3-5-15-6-8-18(9-7-15)21-14-17-13-16(10-12-20-17)19-11-4-2/h6-10,12-13H,3-5,11,14H2,1-2H3,(H,19,20). The molecule has 0 spiro atoms. The molecule has 0 amide bonds. The smallest absolute Gasteiger partial charge is 0.130 e. The van der Waals surface area contributed by atoms with Crippen molar-refractivity contribution in [3.05, 3.63) is 53.9 Å². The predicted molar refractivity (Wildman–Crippen MR) is 87.8 cm³/mol. The Morgan fingerprint density at radius 1 is 1.05 bits per heavy atom. The highest BCUT2D eigenvalue weighted by atomic mass is 16.5. The number of nitrogens with one attached hydrogen (secondary N) is 1. The highest BCUT2D eigenvalue weighted by Crippen LogP contribution is 2.16. The molecule has 3 heteroatoms. The quantitative estimate of drug-likeness (QED) is 0.778. The molecule has 2 rings (SSSR count). The SMILES string of the molecule is CCCNc1ccnc(COc2ccc(CCC)cc2)c1. The van der Waals surface area contributed by atoms with Gasteiger partial charge in [-0.05, 0) is 42.7 Å². The van der Waals surface area contributed by atoms with E-state index in [4.69, 9.17) is 4.74 Å². The average molecular weight is 284 g/mol. The number of nitrogens with zero attached hydrogens (tertiary/aromatic N) is 1. The summed E-state index contributed by atoms with van der Waals surface area (Å²) in [7, 11) is 0. The maximum absolute atomic E-state index is 5.79. The Bertz CT molecular complexity index is 537. The Labute approximate surface area is 127 Å². The molecule has 0 atom stereocenters. The number of aromatic nitrogens is 1. The summed E-state index contributed by atoms with van der Waals surface area (Å²) >= 11 is 0. The second-order valence-electron chi connectivity index (χ2n) is 5.15. The number of ether oxygens (including phenoxy) is 1. The zero-order valence-corrected chi connectivity index (χ0v) is 12.9. The summed E-state index contributed by atoms with van der Waals surface area (Å²) in [4.78, 5) is 4.34. The van der Waals surface area contributed by atoms with Crippen LogP contribution in [-0.4, -0.2) is 11.5 Å². The van der Waals surface area contributed by atoms with Gasteiger partial charge in [0.15, 0.2) is 0 Å². The number of aryl methyl sites for hydroxylation is 1.